The van der Waals surface area contributed by atoms with Crippen LogP contribution >= 0.6 is 0 Å². The number of piperidine rings is 1. The number of aromatic nitrogens is 3. The number of nitrogens with zero attached hydrogens (tertiary/aromatic N) is 5. The highest BCUT2D eigenvalue weighted by atomic mass is 16.2. The van der Waals surface area contributed by atoms with Crippen LogP contribution in [-0.4, -0.2) is 56.2 Å². The second-order valence-electron chi connectivity index (χ2n) is 7.16. The van der Waals surface area contributed by atoms with Gasteiger partial charge in [0, 0.05) is 62.8 Å². The van der Waals surface area contributed by atoms with Crippen molar-refractivity contribution in [3.63, 3.8) is 0 Å². The van der Waals surface area contributed by atoms with Crippen LogP contribution in [0.25, 0.3) is 0 Å². The summed E-state index contributed by atoms with van der Waals surface area (Å²) in [5.74, 6) is 0.126. The predicted octanol–water partition coefficient (Wildman–Crippen LogP) is 1.53. The van der Waals surface area contributed by atoms with Gasteiger partial charge in [0.1, 0.15) is 5.69 Å². The van der Waals surface area contributed by atoms with Crippen LogP contribution < -0.4 is 0 Å². The summed E-state index contributed by atoms with van der Waals surface area (Å²) in [6, 6.07) is 3.89. The van der Waals surface area contributed by atoms with Crippen LogP contribution in [0.3, 0.4) is 0 Å². The monoisotopic (exact) mass is 351 g/mol. The van der Waals surface area contributed by atoms with Crippen LogP contribution in [0.15, 0.2) is 43.1 Å². The average molecular weight is 351 g/mol. The summed E-state index contributed by atoms with van der Waals surface area (Å²) >= 11 is 0. The van der Waals surface area contributed by atoms with Gasteiger partial charge in [-0.1, -0.05) is 0 Å². The zero-order chi connectivity index (χ0) is 18.0. The first kappa shape index (κ1) is 16.6. The largest absolute Gasteiger partial charge is 0.338 e. The smallest absolute Gasteiger partial charge is 0.274 e. The lowest BCUT2D eigenvalue weighted by molar-refractivity contribution is -0.128. The first-order valence-electron chi connectivity index (χ1n) is 8.87. The number of hydrogen-bond acceptors (Lipinski definition) is 5. The summed E-state index contributed by atoms with van der Waals surface area (Å²) in [4.78, 5) is 40.9. The van der Waals surface area contributed by atoms with Crippen LogP contribution in [0.2, 0.25) is 0 Å². The van der Waals surface area contributed by atoms with Gasteiger partial charge in [-0.05, 0) is 30.5 Å². The van der Waals surface area contributed by atoms with Crippen LogP contribution in [0.5, 0.6) is 0 Å². The van der Waals surface area contributed by atoms with Crippen LogP contribution in [0.4, 0.5) is 0 Å². The summed E-state index contributed by atoms with van der Waals surface area (Å²) in [5.41, 5.74) is 1.47. The molecule has 0 aliphatic carbocycles. The lowest BCUT2D eigenvalue weighted by atomic mass is 9.77. The fraction of sp³-hybridized carbons (Fsp3) is 0.421. The Kier molecular flexibility index (Phi) is 4.36. The van der Waals surface area contributed by atoms with Crippen molar-refractivity contribution >= 4 is 11.8 Å². The molecule has 2 fully saturated rings. The maximum absolute atomic E-state index is 12.5. The number of likely N-dealkylation sites (tertiary alicyclic amines) is 2. The number of carbonyl (C=O) groups is 2. The lowest BCUT2D eigenvalue weighted by Gasteiger charge is -2.38. The Morgan fingerprint density at radius 2 is 1.85 bits per heavy atom. The van der Waals surface area contributed by atoms with Crippen molar-refractivity contribution in [1.29, 1.82) is 0 Å². The first-order valence-corrected chi connectivity index (χ1v) is 8.87. The molecule has 2 aromatic rings. The Labute approximate surface area is 152 Å². The molecule has 26 heavy (non-hydrogen) atoms. The maximum Gasteiger partial charge on any atom is 0.274 e. The molecule has 134 valence electrons. The Hall–Kier alpha value is -2.83. The Bertz CT molecular complexity index is 788. The molecule has 2 aliphatic rings. The van der Waals surface area contributed by atoms with Crippen LogP contribution in [0.1, 0.15) is 35.3 Å². The molecule has 0 unspecified atom stereocenters. The van der Waals surface area contributed by atoms with Crippen LogP contribution in [-0.2, 0) is 11.3 Å². The Balaban J connectivity index is 1.38. The standard InChI is InChI=1S/C19H21N5O2/c25-17-11-19(14-24(17)13-15-1-5-20-6-2-15)3-9-23(10-4-19)18(26)16-12-21-7-8-22-16/h1-2,5-8,12H,3-4,9-11,13-14H2. The number of amides is 2. The van der Waals surface area contributed by atoms with Gasteiger partial charge in [0.05, 0.1) is 6.20 Å². The fourth-order valence-corrected chi connectivity index (χ4v) is 3.92. The van der Waals surface area contributed by atoms with Crippen molar-refractivity contribution < 1.29 is 9.59 Å². The van der Waals surface area contributed by atoms with Gasteiger partial charge in [0.2, 0.25) is 5.91 Å². The maximum atomic E-state index is 12.5. The van der Waals surface area contributed by atoms with Gasteiger partial charge in [-0.25, -0.2) is 4.98 Å². The van der Waals surface area contributed by atoms with Gasteiger partial charge in [0.25, 0.3) is 5.91 Å². The number of hydrogen-bond donors (Lipinski definition) is 0. The van der Waals surface area contributed by atoms with E-state index in [1.807, 2.05) is 21.9 Å². The molecular formula is C19H21N5O2. The average Bonchev–Trinajstić information content (AvgIpc) is 2.98. The molecule has 4 heterocycles. The first-order chi connectivity index (χ1) is 12.7. The van der Waals surface area contributed by atoms with E-state index >= 15 is 0 Å². The molecule has 4 rings (SSSR count). The lowest BCUT2D eigenvalue weighted by Crippen LogP contribution is -2.44. The van der Waals surface area contributed by atoms with Crippen molar-refractivity contribution in [2.45, 2.75) is 25.8 Å². The predicted molar refractivity (Wildman–Crippen MR) is 93.9 cm³/mol. The van der Waals surface area contributed by atoms with Crippen molar-refractivity contribution in [2.75, 3.05) is 19.6 Å². The molecule has 0 N–H and O–H groups in total. The van der Waals surface area contributed by atoms with E-state index in [2.05, 4.69) is 15.0 Å². The molecular weight excluding hydrogens is 330 g/mol. The molecule has 2 aromatic heterocycles. The SMILES string of the molecule is O=C1CC2(CCN(C(=O)c3cnccn3)CC2)CN1Cc1ccncc1. The molecule has 0 radical (unpaired) electrons. The van der Waals surface area contributed by atoms with Crippen LogP contribution in [0, 0.1) is 5.41 Å². The van der Waals surface area contributed by atoms with Crippen molar-refractivity contribution in [1.82, 2.24) is 24.8 Å². The van der Waals surface area contributed by atoms with Gasteiger partial charge in [-0.15, -0.1) is 0 Å². The minimum absolute atomic E-state index is 0.0107. The normalized spacial score (nSPS) is 19.2. The third kappa shape index (κ3) is 3.29. The third-order valence-electron chi connectivity index (χ3n) is 5.42. The van der Waals surface area contributed by atoms with Crippen molar-refractivity contribution in [3.05, 3.63) is 54.4 Å². The fourth-order valence-electron chi connectivity index (χ4n) is 3.92. The summed E-state index contributed by atoms with van der Waals surface area (Å²) in [6.07, 6.45) is 10.4. The Morgan fingerprint density at radius 1 is 1.08 bits per heavy atom. The molecule has 2 amide bonds. The highest BCUT2D eigenvalue weighted by Crippen LogP contribution is 2.41. The van der Waals surface area contributed by atoms with Gasteiger partial charge < -0.3 is 9.80 Å². The Morgan fingerprint density at radius 3 is 2.54 bits per heavy atom. The zero-order valence-corrected chi connectivity index (χ0v) is 14.5. The van der Waals surface area contributed by atoms with E-state index in [-0.39, 0.29) is 17.2 Å². The molecule has 1 spiro atoms. The second kappa shape index (κ2) is 6.82. The van der Waals surface area contributed by atoms with Crippen molar-refractivity contribution in [2.24, 2.45) is 5.41 Å². The van der Waals surface area contributed by atoms with E-state index < -0.39 is 0 Å². The third-order valence-corrected chi connectivity index (χ3v) is 5.42. The molecule has 0 bridgehead atoms. The van der Waals surface area contributed by atoms with E-state index in [0.717, 1.165) is 24.9 Å². The van der Waals surface area contributed by atoms with Gasteiger partial charge in [0.15, 0.2) is 0 Å². The summed E-state index contributed by atoms with van der Waals surface area (Å²) in [5, 5.41) is 0. The molecule has 2 saturated heterocycles. The van der Waals surface area contributed by atoms with E-state index in [1.165, 1.54) is 12.4 Å². The number of carbonyl (C=O) groups excluding carboxylic acids is 2. The zero-order valence-electron chi connectivity index (χ0n) is 14.5. The molecule has 0 saturated carbocycles. The number of rotatable bonds is 3. The minimum atomic E-state index is -0.0779. The highest BCUT2D eigenvalue weighted by Gasteiger charge is 2.45. The summed E-state index contributed by atoms with van der Waals surface area (Å²) in [6.45, 7) is 2.71. The molecule has 2 aliphatic heterocycles. The molecule has 7 nitrogen and oxygen atoms in total. The molecule has 0 atom stereocenters. The summed E-state index contributed by atoms with van der Waals surface area (Å²) in [7, 11) is 0. The van der Waals surface area contributed by atoms with Gasteiger partial charge in [-0.3, -0.25) is 19.6 Å². The van der Waals surface area contributed by atoms with Gasteiger partial charge >= 0.3 is 0 Å². The summed E-state index contributed by atoms with van der Waals surface area (Å²) < 4.78 is 0. The van der Waals surface area contributed by atoms with Gasteiger partial charge in [-0.2, -0.15) is 0 Å². The van der Waals surface area contributed by atoms with E-state index in [9.17, 15) is 9.59 Å². The second-order valence-corrected chi connectivity index (χ2v) is 7.16. The molecule has 0 aromatic carbocycles. The van der Waals surface area contributed by atoms with E-state index in [1.54, 1.807) is 18.6 Å². The van der Waals surface area contributed by atoms with E-state index in [4.69, 9.17) is 0 Å². The topological polar surface area (TPSA) is 79.3 Å². The highest BCUT2D eigenvalue weighted by molar-refractivity contribution is 5.92. The van der Waals surface area contributed by atoms with E-state index in [0.29, 0.717) is 31.7 Å². The quantitative estimate of drug-likeness (QED) is 0.838. The molecule has 7 heteroatoms. The number of pyridine rings is 1. The van der Waals surface area contributed by atoms with Crippen molar-refractivity contribution in [3.8, 4) is 0 Å². The minimum Gasteiger partial charge on any atom is -0.338 e.